The topological polar surface area (TPSA) is 39.1 Å². The van der Waals surface area contributed by atoms with Crippen LogP contribution in [0.2, 0.25) is 0 Å². The van der Waals surface area contributed by atoms with Gasteiger partial charge >= 0.3 is 0 Å². The smallest absolute Gasteiger partial charge is 0.0907 e. The summed E-state index contributed by atoms with van der Waals surface area (Å²) in [6.45, 7) is 6.93. The second kappa shape index (κ2) is 6.90. The Kier molecular flexibility index (Phi) is 5.20. The van der Waals surface area contributed by atoms with Crippen molar-refractivity contribution < 1.29 is 4.74 Å². The van der Waals surface area contributed by atoms with Crippen LogP contribution in [0.3, 0.4) is 0 Å². The Morgan fingerprint density at radius 1 is 1.56 bits per heavy atom. The number of piperidine rings is 1. The van der Waals surface area contributed by atoms with Gasteiger partial charge in [-0.3, -0.25) is 4.68 Å². The minimum Gasteiger partial charge on any atom is -0.373 e. The lowest BCUT2D eigenvalue weighted by molar-refractivity contribution is 0.0885. The molecule has 0 bridgehead atoms. The summed E-state index contributed by atoms with van der Waals surface area (Å²) in [6, 6.07) is 3.06. The van der Waals surface area contributed by atoms with Gasteiger partial charge in [0.15, 0.2) is 0 Å². The summed E-state index contributed by atoms with van der Waals surface area (Å²) in [5.41, 5.74) is 1.03. The molecule has 1 aliphatic heterocycles. The Morgan fingerprint density at radius 2 is 2.44 bits per heavy atom. The SMILES string of the molecule is CCC(C)n1ccc(COCC2CCCCN2)n1. The van der Waals surface area contributed by atoms with Crippen LogP contribution in [0.15, 0.2) is 12.3 Å². The summed E-state index contributed by atoms with van der Waals surface area (Å²) in [7, 11) is 0. The van der Waals surface area contributed by atoms with Crippen molar-refractivity contribution in [1.82, 2.24) is 15.1 Å². The van der Waals surface area contributed by atoms with E-state index < -0.39 is 0 Å². The fourth-order valence-corrected chi connectivity index (χ4v) is 2.26. The zero-order valence-electron chi connectivity index (χ0n) is 11.6. The molecule has 1 aromatic heterocycles. The van der Waals surface area contributed by atoms with E-state index in [0.29, 0.717) is 18.7 Å². The molecule has 0 aliphatic carbocycles. The molecule has 2 heterocycles. The molecule has 102 valence electrons. The van der Waals surface area contributed by atoms with Crippen molar-refractivity contribution in [2.45, 2.75) is 58.2 Å². The lowest BCUT2D eigenvalue weighted by Crippen LogP contribution is -2.37. The summed E-state index contributed by atoms with van der Waals surface area (Å²) in [4.78, 5) is 0. The summed E-state index contributed by atoms with van der Waals surface area (Å²) >= 11 is 0. The first-order chi connectivity index (χ1) is 8.79. The molecule has 1 aromatic rings. The molecule has 1 fully saturated rings. The molecule has 2 unspecified atom stereocenters. The average molecular weight is 251 g/mol. The van der Waals surface area contributed by atoms with Crippen molar-refractivity contribution in [2.24, 2.45) is 0 Å². The molecule has 1 N–H and O–H groups in total. The van der Waals surface area contributed by atoms with E-state index in [1.807, 2.05) is 10.9 Å². The van der Waals surface area contributed by atoms with Crippen LogP contribution in [0.5, 0.6) is 0 Å². The number of hydrogen-bond acceptors (Lipinski definition) is 3. The zero-order valence-corrected chi connectivity index (χ0v) is 11.6. The highest BCUT2D eigenvalue weighted by Gasteiger charge is 2.12. The standard InChI is InChI=1S/C14H25N3O/c1-3-12(2)17-9-7-14(16-17)11-18-10-13-6-4-5-8-15-13/h7,9,12-13,15H,3-6,8,10-11H2,1-2H3. The number of nitrogens with one attached hydrogen (secondary N) is 1. The number of ether oxygens (including phenoxy) is 1. The molecule has 4 nitrogen and oxygen atoms in total. The van der Waals surface area contributed by atoms with Gasteiger partial charge in [-0.15, -0.1) is 0 Å². The largest absolute Gasteiger partial charge is 0.373 e. The van der Waals surface area contributed by atoms with E-state index >= 15 is 0 Å². The van der Waals surface area contributed by atoms with Crippen LogP contribution in [0.1, 0.15) is 51.3 Å². The fraction of sp³-hybridized carbons (Fsp3) is 0.786. The van der Waals surface area contributed by atoms with Gasteiger partial charge < -0.3 is 10.1 Å². The summed E-state index contributed by atoms with van der Waals surface area (Å²) < 4.78 is 7.77. The van der Waals surface area contributed by atoms with Gasteiger partial charge in [0.05, 0.1) is 18.9 Å². The molecular weight excluding hydrogens is 226 g/mol. The Morgan fingerprint density at radius 3 is 3.17 bits per heavy atom. The Bertz CT molecular complexity index is 345. The zero-order chi connectivity index (χ0) is 12.8. The Labute approximate surface area is 110 Å². The van der Waals surface area contributed by atoms with Gasteiger partial charge in [-0.1, -0.05) is 13.3 Å². The van der Waals surface area contributed by atoms with Gasteiger partial charge in [-0.05, 0) is 38.8 Å². The van der Waals surface area contributed by atoms with Gasteiger partial charge in [-0.25, -0.2) is 0 Å². The van der Waals surface area contributed by atoms with Gasteiger partial charge in [0, 0.05) is 18.3 Å². The first kappa shape index (κ1) is 13.6. The highest BCUT2D eigenvalue weighted by Crippen LogP contribution is 2.11. The number of nitrogens with zero attached hydrogens (tertiary/aromatic N) is 2. The molecule has 2 rings (SSSR count). The molecule has 1 aliphatic rings. The first-order valence-corrected chi connectivity index (χ1v) is 7.14. The molecule has 2 atom stereocenters. The maximum atomic E-state index is 5.75. The summed E-state index contributed by atoms with van der Waals surface area (Å²) in [5, 5.41) is 8.02. The van der Waals surface area contributed by atoms with E-state index in [-0.39, 0.29) is 0 Å². The monoisotopic (exact) mass is 251 g/mol. The van der Waals surface area contributed by atoms with Crippen LogP contribution in [0, 0.1) is 0 Å². The number of aromatic nitrogens is 2. The maximum Gasteiger partial charge on any atom is 0.0907 e. The average Bonchev–Trinajstić information content (AvgIpc) is 2.88. The lowest BCUT2D eigenvalue weighted by Gasteiger charge is -2.22. The Balaban J connectivity index is 1.71. The predicted octanol–water partition coefficient (Wildman–Crippen LogP) is 2.51. The number of rotatable bonds is 6. The third-order valence-electron chi connectivity index (χ3n) is 3.69. The quantitative estimate of drug-likeness (QED) is 0.844. The van der Waals surface area contributed by atoms with Crippen molar-refractivity contribution in [3.8, 4) is 0 Å². The van der Waals surface area contributed by atoms with Crippen LogP contribution >= 0.6 is 0 Å². The fourth-order valence-electron chi connectivity index (χ4n) is 2.26. The minimum atomic E-state index is 0.471. The van der Waals surface area contributed by atoms with Crippen molar-refractivity contribution in [3.63, 3.8) is 0 Å². The van der Waals surface area contributed by atoms with Crippen LogP contribution in [0.4, 0.5) is 0 Å². The van der Waals surface area contributed by atoms with Crippen molar-refractivity contribution in [3.05, 3.63) is 18.0 Å². The van der Waals surface area contributed by atoms with Crippen LogP contribution in [-0.2, 0) is 11.3 Å². The van der Waals surface area contributed by atoms with Gasteiger partial charge in [0.25, 0.3) is 0 Å². The van der Waals surface area contributed by atoms with Gasteiger partial charge in [0.1, 0.15) is 0 Å². The summed E-state index contributed by atoms with van der Waals surface area (Å²) in [5.74, 6) is 0. The molecule has 0 aromatic carbocycles. The molecule has 4 heteroatoms. The minimum absolute atomic E-state index is 0.471. The molecule has 0 radical (unpaired) electrons. The second-order valence-corrected chi connectivity index (χ2v) is 5.21. The highest BCUT2D eigenvalue weighted by atomic mass is 16.5. The van der Waals surface area contributed by atoms with E-state index in [2.05, 4.69) is 30.3 Å². The third-order valence-corrected chi connectivity index (χ3v) is 3.69. The first-order valence-electron chi connectivity index (χ1n) is 7.14. The van der Waals surface area contributed by atoms with Crippen molar-refractivity contribution in [1.29, 1.82) is 0 Å². The maximum absolute atomic E-state index is 5.75. The van der Waals surface area contributed by atoms with E-state index in [1.165, 1.54) is 19.3 Å². The molecule has 0 amide bonds. The molecule has 1 saturated heterocycles. The molecular formula is C14H25N3O. The highest BCUT2D eigenvalue weighted by molar-refractivity contribution is 4.98. The van der Waals surface area contributed by atoms with Gasteiger partial charge in [-0.2, -0.15) is 5.10 Å². The Hall–Kier alpha value is -0.870. The van der Waals surface area contributed by atoms with Gasteiger partial charge in [0.2, 0.25) is 0 Å². The van der Waals surface area contributed by atoms with E-state index in [1.54, 1.807) is 0 Å². The number of hydrogen-bond donors (Lipinski definition) is 1. The third kappa shape index (κ3) is 3.82. The predicted molar refractivity (Wildman–Crippen MR) is 72.5 cm³/mol. The van der Waals surface area contributed by atoms with Crippen LogP contribution in [-0.4, -0.2) is 29.0 Å². The molecule has 18 heavy (non-hydrogen) atoms. The normalized spacial score (nSPS) is 22.0. The van der Waals surface area contributed by atoms with E-state index in [9.17, 15) is 0 Å². The molecule has 0 saturated carbocycles. The lowest BCUT2D eigenvalue weighted by atomic mass is 10.1. The van der Waals surface area contributed by atoms with Crippen molar-refractivity contribution >= 4 is 0 Å². The van der Waals surface area contributed by atoms with Crippen LogP contribution in [0.25, 0.3) is 0 Å². The second-order valence-electron chi connectivity index (χ2n) is 5.21. The van der Waals surface area contributed by atoms with E-state index in [4.69, 9.17) is 4.74 Å². The molecule has 0 spiro atoms. The van der Waals surface area contributed by atoms with Crippen LogP contribution < -0.4 is 5.32 Å². The summed E-state index contributed by atoms with van der Waals surface area (Å²) in [6.07, 6.45) is 7.01. The van der Waals surface area contributed by atoms with Crippen molar-refractivity contribution in [2.75, 3.05) is 13.2 Å². The van der Waals surface area contributed by atoms with E-state index in [0.717, 1.165) is 25.3 Å².